The molecule has 2 aromatic rings. The fraction of sp³-hybridized carbons (Fsp3) is 0.353. The second-order valence-electron chi connectivity index (χ2n) is 5.57. The number of carbonyl (C=O) groups excluding carboxylic acids is 1. The minimum absolute atomic E-state index is 0.0388. The van der Waals surface area contributed by atoms with E-state index in [0.29, 0.717) is 31.0 Å². The van der Waals surface area contributed by atoms with Crippen LogP contribution in [-0.4, -0.2) is 53.6 Å². The molecular formula is C17H19N5O2. The highest BCUT2D eigenvalue weighted by atomic mass is 16.5. The number of rotatable bonds is 5. The predicted octanol–water partition coefficient (Wildman–Crippen LogP) is 1.08. The topological polar surface area (TPSA) is 94.0 Å². The Morgan fingerprint density at radius 1 is 1.50 bits per heavy atom. The van der Waals surface area contributed by atoms with Crippen LogP contribution in [0.15, 0.2) is 36.8 Å². The van der Waals surface area contributed by atoms with E-state index in [1.165, 1.54) is 6.20 Å². The second kappa shape index (κ2) is 7.73. The molecule has 0 radical (unpaired) electrons. The first kappa shape index (κ1) is 16.2. The molecule has 0 bridgehead atoms. The van der Waals surface area contributed by atoms with Gasteiger partial charge in [-0.25, -0.2) is 0 Å². The van der Waals surface area contributed by atoms with Crippen molar-refractivity contribution < 1.29 is 9.53 Å². The summed E-state index contributed by atoms with van der Waals surface area (Å²) in [6.45, 7) is 3.47. The zero-order valence-electron chi connectivity index (χ0n) is 13.2. The summed E-state index contributed by atoms with van der Waals surface area (Å²) in [7, 11) is 0. The van der Waals surface area contributed by atoms with Gasteiger partial charge in [-0.2, -0.15) is 5.26 Å². The summed E-state index contributed by atoms with van der Waals surface area (Å²) < 4.78 is 5.42. The van der Waals surface area contributed by atoms with Gasteiger partial charge < -0.3 is 15.0 Å². The fourth-order valence-corrected chi connectivity index (χ4v) is 2.79. The predicted molar refractivity (Wildman–Crippen MR) is 87.2 cm³/mol. The highest BCUT2D eigenvalue weighted by molar-refractivity contribution is 5.92. The summed E-state index contributed by atoms with van der Waals surface area (Å²) in [6.07, 6.45) is 5.09. The lowest BCUT2D eigenvalue weighted by Gasteiger charge is -2.34. The van der Waals surface area contributed by atoms with Gasteiger partial charge in [-0.05, 0) is 17.7 Å². The molecule has 7 heteroatoms. The van der Waals surface area contributed by atoms with Gasteiger partial charge in [0.15, 0.2) is 0 Å². The lowest BCUT2D eigenvalue weighted by atomic mass is 10.1. The molecule has 0 aromatic carbocycles. The van der Waals surface area contributed by atoms with E-state index in [2.05, 4.69) is 20.2 Å². The van der Waals surface area contributed by atoms with E-state index in [4.69, 9.17) is 10.00 Å². The third kappa shape index (κ3) is 3.79. The molecule has 3 heterocycles. The molecule has 0 unspecified atom stereocenters. The van der Waals surface area contributed by atoms with E-state index in [9.17, 15) is 4.79 Å². The van der Waals surface area contributed by atoms with E-state index < -0.39 is 0 Å². The molecule has 1 atom stereocenters. The first-order chi connectivity index (χ1) is 11.8. The molecule has 0 spiro atoms. The lowest BCUT2D eigenvalue weighted by molar-refractivity contribution is 0.0161. The van der Waals surface area contributed by atoms with Crippen LogP contribution in [0.5, 0.6) is 0 Å². The van der Waals surface area contributed by atoms with Crippen molar-refractivity contribution in [2.45, 2.75) is 6.04 Å². The Kier molecular flexibility index (Phi) is 5.21. The monoisotopic (exact) mass is 325 g/mol. The Morgan fingerprint density at radius 3 is 3.00 bits per heavy atom. The van der Waals surface area contributed by atoms with Gasteiger partial charge in [0.1, 0.15) is 11.8 Å². The van der Waals surface area contributed by atoms with Gasteiger partial charge in [0, 0.05) is 38.2 Å². The van der Waals surface area contributed by atoms with Crippen molar-refractivity contribution in [3.8, 4) is 6.07 Å². The molecular weight excluding hydrogens is 306 g/mol. The largest absolute Gasteiger partial charge is 0.379 e. The maximum atomic E-state index is 12.3. The van der Waals surface area contributed by atoms with E-state index in [-0.39, 0.29) is 11.9 Å². The number of hydrogen-bond acceptors (Lipinski definition) is 5. The number of hydrogen-bond donors (Lipinski definition) is 2. The number of morpholine rings is 1. The van der Waals surface area contributed by atoms with Crippen molar-refractivity contribution in [3.05, 3.63) is 53.6 Å². The van der Waals surface area contributed by atoms with Crippen molar-refractivity contribution in [2.75, 3.05) is 32.8 Å². The van der Waals surface area contributed by atoms with E-state index in [0.717, 1.165) is 18.7 Å². The summed E-state index contributed by atoms with van der Waals surface area (Å²) in [5, 5.41) is 11.8. The maximum absolute atomic E-state index is 12.3. The Labute approximate surface area is 140 Å². The van der Waals surface area contributed by atoms with Gasteiger partial charge in [0.2, 0.25) is 0 Å². The Hall–Kier alpha value is -2.69. The van der Waals surface area contributed by atoms with Crippen LogP contribution in [-0.2, 0) is 4.74 Å². The van der Waals surface area contributed by atoms with Crippen LogP contribution in [0, 0.1) is 11.3 Å². The number of ether oxygens (including phenoxy) is 1. The van der Waals surface area contributed by atoms with Crippen LogP contribution >= 0.6 is 0 Å². The zero-order chi connectivity index (χ0) is 16.8. The first-order valence-electron chi connectivity index (χ1n) is 7.86. The standard InChI is InChI=1S/C17H19N5O2/c18-9-13-8-15(20-10-13)17(23)21-12-16(14-2-1-3-19-11-14)22-4-6-24-7-5-22/h1-3,8,10-11,16,20H,4-7,12H2,(H,21,23)/t16-/m0/s1. The van der Waals surface area contributed by atoms with Crippen LogP contribution < -0.4 is 5.32 Å². The van der Waals surface area contributed by atoms with Gasteiger partial charge >= 0.3 is 0 Å². The average molecular weight is 325 g/mol. The summed E-state index contributed by atoms with van der Waals surface area (Å²) in [5.74, 6) is -0.223. The molecule has 1 aliphatic heterocycles. The minimum atomic E-state index is -0.223. The Morgan fingerprint density at radius 2 is 2.33 bits per heavy atom. The number of aromatic nitrogens is 2. The van der Waals surface area contributed by atoms with Gasteiger partial charge in [-0.15, -0.1) is 0 Å². The molecule has 24 heavy (non-hydrogen) atoms. The number of H-pyrrole nitrogens is 1. The van der Waals surface area contributed by atoms with Crippen LogP contribution in [0.2, 0.25) is 0 Å². The quantitative estimate of drug-likeness (QED) is 0.858. The summed E-state index contributed by atoms with van der Waals surface area (Å²) in [4.78, 5) is 21.6. The molecule has 3 rings (SSSR count). The third-order valence-corrected chi connectivity index (χ3v) is 4.07. The molecule has 0 saturated carbocycles. The van der Waals surface area contributed by atoms with Crippen molar-refractivity contribution >= 4 is 5.91 Å². The molecule has 124 valence electrons. The molecule has 0 aliphatic carbocycles. The summed E-state index contributed by atoms with van der Waals surface area (Å²) >= 11 is 0. The molecule has 1 amide bonds. The van der Waals surface area contributed by atoms with Gasteiger partial charge in [0.05, 0.1) is 24.8 Å². The Bertz CT molecular complexity index is 716. The second-order valence-corrected chi connectivity index (χ2v) is 5.57. The van der Waals surface area contributed by atoms with Crippen molar-refractivity contribution in [1.82, 2.24) is 20.2 Å². The fourth-order valence-electron chi connectivity index (χ4n) is 2.79. The zero-order valence-corrected chi connectivity index (χ0v) is 13.2. The van der Waals surface area contributed by atoms with Gasteiger partial charge in [-0.1, -0.05) is 6.07 Å². The van der Waals surface area contributed by atoms with Gasteiger partial charge in [0.25, 0.3) is 5.91 Å². The van der Waals surface area contributed by atoms with Crippen LogP contribution in [0.1, 0.15) is 27.7 Å². The van der Waals surface area contributed by atoms with Gasteiger partial charge in [-0.3, -0.25) is 14.7 Å². The van der Waals surface area contributed by atoms with Crippen LogP contribution in [0.4, 0.5) is 0 Å². The maximum Gasteiger partial charge on any atom is 0.267 e. The molecule has 7 nitrogen and oxygen atoms in total. The number of pyridine rings is 1. The SMILES string of the molecule is N#Cc1c[nH]c(C(=O)NC[C@@H](c2cccnc2)N2CCOCC2)c1. The molecule has 1 fully saturated rings. The Balaban J connectivity index is 1.69. The summed E-state index contributed by atoms with van der Waals surface area (Å²) in [6, 6.07) is 7.50. The van der Waals surface area contributed by atoms with Crippen molar-refractivity contribution in [2.24, 2.45) is 0 Å². The number of aromatic amines is 1. The highest BCUT2D eigenvalue weighted by Crippen LogP contribution is 2.20. The number of nitrogens with zero attached hydrogens (tertiary/aromatic N) is 3. The van der Waals surface area contributed by atoms with E-state index >= 15 is 0 Å². The summed E-state index contributed by atoms with van der Waals surface area (Å²) in [5.41, 5.74) is 1.89. The lowest BCUT2D eigenvalue weighted by Crippen LogP contribution is -2.43. The number of amides is 1. The van der Waals surface area contributed by atoms with Crippen molar-refractivity contribution in [1.29, 1.82) is 5.26 Å². The van der Waals surface area contributed by atoms with Crippen LogP contribution in [0.25, 0.3) is 0 Å². The number of carbonyl (C=O) groups is 1. The molecule has 1 saturated heterocycles. The smallest absolute Gasteiger partial charge is 0.267 e. The normalized spacial score (nSPS) is 16.3. The minimum Gasteiger partial charge on any atom is -0.379 e. The van der Waals surface area contributed by atoms with E-state index in [1.54, 1.807) is 12.3 Å². The third-order valence-electron chi connectivity index (χ3n) is 4.07. The van der Waals surface area contributed by atoms with E-state index in [1.807, 2.05) is 24.4 Å². The number of nitriles is 1. The first-order valence-corrected chi connectivity index (χ1v) is 7.86. The molecule has 2 N–H and O–H groups in total. The molecule has 1 aliphatic rings. The average Bonchev–Trinajstić information content (AvgIpc) is 3.13. The van der Waals surface area contributed by atoms with Crippen LogP contribution in [0.3, 0.4) is 0 Å². The van der Waals surface area contributed by atoms with Crippen molar-refractivity contribution in [3.63, 3.8) is 0 Å². The molecule has 2 aromatic heterocycles. The number of nitrogens with one attached hydrogen (secondary N) is 2. The highest BCUT2D eigenvalue weighted by Gasteiger charge is 2.23.